The van der Waals surface area contributed by atoms with E-state index in [1.165, 1.54) is 9.44 Å². The maximum atomic E-state index is 13.1. The van der Waals surface area contributed by atoms with Crippen LogP contribution in [0.2, 0.25) is 0 Å². The number of hydrogen-bond acceptors (Lipinski definition) is 7. The Labute approximate surface area is 200 Å². The van der Waals surface area contributed by atoms with Crippen molar-refractivity contribution >= 4 is 33.1 Å². The SMILES string of the molecule is COc1ccc(Oc2ncccc2NC(=O)CCn2cnc3sc4c(c3c2=O)CCCC4)cc1. The zero-order chi connectivity index (χ0) is 23.5. The molecule has 0 spiro atoms. The number of carbonyl (C=O) groups is 1. The van der Waals surface area contributed by atoms with Crippen LogP contribution in [0.1, 0.15) is 29.7 Å². The van der Waals surface area contributed by atoms with E-state index in [-0.39, 0.29) is 30.3 Å². The highest BCUT2D eigenvalue weighted by molar-refractivity contribution is 7.18. The van der Waals surface area contributed by atoms with Crippen molar-refractivity contribution in [1.29, 1.82) is 0 Å². The standard InChI is InChI=1S/C25H24N4O4S/c1-32-16-8-10-17(11-9-16)33-23-19(6-4-13-26-23)28-21(30)12-14-29-15-27-24-22(25(29)31)18-5-2-3-7-20(18)34-24/h4,6,8-11,13,15H,2-3,5,7,12,14H2,1H3,(H,28,30). The number of ether oxygens (including phenoxy) is 2. The van der Waals surface area contributed by atoms with E-state index in [9.17, 15) is 9.59 Å². The van der Waals surface area contributed by atoms with Gasteiger partial charge in [-0.2, -0.15) is 0 Å². The van der Waals surface area contributed by atoms with Crippen molar-refractivity contribution in [2.45, 2.75) is 38.6 Å². The molecule has 1 aliphatic carbocycles. The number of aryl methyl sites for hydroxylation is 3. The molecule has 3 heterocycles. The van der Waals surface area contributed by atoms with E-state index in [2.05, 4.69) is 15.3 Å². The van der Waals surface area contributed by atoms with Crippen LogP contribution in [0.5, 0.6) is 17.4 Å². The van der Waals surface area contributed by atoms with E-state index in [1.807, 2.05) is 0 Å². The number of pyridine rings is 1. The van der Waals surface area contributed by atoms with Crippen LogP contribution in [0, 0.1) is 0 Å². The largest absolute Gasteiger partial charge is 0.497 e. The lowest BCUT2D eigenvalue weighted by Crippen LogP contribution is -2.24. The van der Waals surface area contributed by atoms with Gasteiger partial charge in [0.15, 0.2) is 0 Å². The maximum Gasteiger partial charge on any atom is 0.262 e. The molecule has 5 rings (SSSR count). The summed E-state index contributed by atoms with van der Waals surface area (Å²) in [6.07, 6.45) is 7.46. The number of fused-ring (bicyclic) bond motifs is 3. The number of rotatable bonds is 7. The minimum atomic E-state index is -0.244. The van der Waals surface area contributed by atoms with E-state index >= 15 is 0 Å². The average molecular weight is 477 g/mol. The van der Waals surface area contributed by atoms with Crippen molar-refractivity contribution in [2.24, 2.45) is 0 Å². The van der Waals surface area contributed by atoms with Gasteiger partial charge in [0.05, 0.1) is 18.8 Å². The summed E-state index contributed by atoms with van der Waals surface area (Å²) < 4.78 is 12.5. The van der Waals surface area contributed by atoms with Crippen LogP contribution in [-0.2, 0) is 24.2 Å². The van der Waals surface area contributed by atoms with Gasteiger partial charge < -0.3 is 14.8 Å². The van der Waals surface area contributed by atoms with Crippen LogP contribution in [0.4, 0.5) is 5.69 Å². The molecule has 0 radical (unpaired) electrons. The molecule has 0 saturated carbocycles. The summed E-state index contributed by atoms with van der Waals surface area (Å²) >= 11 is 1.62. The Bertz CT molecular complexity index is 1390. The first-order chi connectivity index (χ1) is 16.6. The van der Waals surface area contributed by atoms with Gasteiger partial charge in [-0.1, -0.05) is 0 Å². The highest BCUT2D eigenvalue weighted by Gasteiger charge is 2.20. The number of thiophene rings is 1. The highest BCUT2D eigenvalue weighted by atomic mass is 32.1. The summed E-state index contributed by atoms with van der Waals surface area (Å²) in [5, 5.41) is 3.57. The summed E-state index contributed by atoms with van der Waals surface area (Å²) in [4.78, 5) is 36.6. The second kappa shape index (κ2) is 9.64. The minimum Gasteiger partial charge on any atom is -0.497 e. The summed E-state index contributed by atoms with van der Waals surface area (Å²) in [5.74, 6) is 1.32. The number of nitrogens with zero attached hydrogens (tertiary/aromatic N) is 3. The Kier molecular flexibility index (Phi) is 6.27. The Balaban J connectivity index is 1.27. The van der Waals surface area contributed by atoms with E-state index in [0.29, 0.717) is 17.2 Å². The first kappa shape index (κ1) is 22.1. The fourth-order valence-electron chi connectivity index (χ4n) is 4.10. The third kappa shape index (κ3) is 4.51. The monoisotopic (exact) mass is 476 g/mol. The van der Waals surface area contributed by atoms with Gasteiger partial charge in [0, 0.05) is 24.0 Å². The molecule has 4 aromatic rings. The number of anilines is 1. The number of hydrogen-bond donors (Lipinski definition) is 1. The van der Waals surface area contributed by atoms with Gasteiger partial charge in [-0.05, 0) is 67.6 Å². The van der Waals surface area contributed by atoms with Gasteiger partial charge in [0.1, 0.15) is 22.0 Å². The number of carbonyl (C=O) groups excluding carboxylic acids is 1. The molecule has 1 amide bonds. The van der Waals surface area contributed by atoms with Gasteiger partial charge in [0.25, 0.3) is 5.56 Å². The maximum absolute atomic E-state index is 13.1. The summed E-state index contributed by atoms with van der Waals surface area (Å²) in [5.41, 5.74) is 1.54. The number of benzene rings is 1. The predicted molar refractivity (Wildman–Crippen MR) is 131 cm³/mol. The van der Waals surface area contributed by atoms with Gasteiger partial charge >= 0.3 is 0 Å². The van der Waals surface area contributed by atoms with Crippen molar-refractivity contribution in [1.82, 2.24) is 14.5 Å². The molecule has 34 heavy (non-hydrogen) atoms. The second-order valence-corrected chi connectivity index (χ2v) is 9.15. The van der Waals surface area contributed by atoms with Gasteiger partial charge in [0.2, 0.25) is 11.8 Å². The first-order valence-corrected chi connectivity index (χ1v) is 12.0. The Hall–Kier alpha value is -3.72. The Morgan fingerprint density at radius 1 is 1.12 bits per heavy atom. The average Bonchev–Trinajstić information content (AvgIpc) is 3.25. The molecular weight excluding hydrogens is 452 g/mol. The predicted octanol–water partition coefficient (Wildman–Crippen LogP) is 4.56. The number of aromatic nitrogens is 3. The molecule has 174 valence electrons. The number of nitrogens with one attached hydrogen (secondary N) is 1. The van der Waals surface area contributed by atoms with Crippen LogP contribution < -0.4 is 20.3 Å². The van der Waals surface area contributed by atoms with E-state index in [1.54, 1.807) is 67.4 Å². The minimum absolute atomic E-state index is 0.0675. The second-order valence-electron chi connectivity index (χ2n) is 8.07. The lowest BCUT2D eigenvalue weighted by molar-refractivity contribution is -0.116. The molecule has 1 N–H and O–H groups in total. The molecule has 0 atom stereocenters. The van der Waals surface area contributed by atoms with Gasteiger partial charge in [-0.3, -0.25) is 14.2 Å². The lowest BCUT2D eigenvalue weighted by atomic mass is 9.97. The smallest absolute Gasteiger partial charge is 0.262 e. The topological polar surface area (TPSA) is 95.3 Å². The molecule has 3 aromatic heterocycles. The highest BCUT2D eigenvalue weighted by Crippen LogP contribution is 2.33. The molecule has 9 heteroatoms. The fourth-order valence-corrected chi connectivity index (χ4v) is 5.32. The lowest BCUT2D eigenvalue weighted by Gasteiger charge is -2.12. The molecule has 0 bridgehead atoms. The number of methoxy groups -OCH3 is 1. The summed E-state index contributed by atoms with van der Waals surface area (Å²) in [7, 11) is 1.60. The molecule has 0 aliphatic heterocycles. The van der Waals surface area contributed by atoms with Crippen molar-refractivity contribution < 1.29 is 14.3 Å². The molecule has 1 aromatic carbocycles. The van der Waals surface area contributed by atoms with E-state index < -0.39 is 0 Å². The molecule has 0 unspecified atom stereocenters. The summed E-state index contributed by atoms with van der Waals surface area (Å²) in [6.45, 7) is 0.243. The van der Waals surface area contributed by atoms with E-state index in [4.69, 9.17) is 9.47 Å². The van der Waals surface area contributed by atoms with Crippen molar-refractivity contribution in [2.75, 3.05) is 12.4 Å². The van der Waals surface area contributed by atoms with Crippen molar-refractivity contribution in [3.8, 4) is 17.4 Å². The van der Waals surface area contributed by atoms with Crippen LogP contribution >= 0.6 is 11.3 Å². The Morgan fingerprint density at radius 3 is 2.74 bits per heavy atom. The Morgan fingerprint density at radius 2 is 1.91 bits per heavy atom. The molecule has 1 aliphatic rings. The van der Waals surface area contributed by atoms with Gasteiger partial charge in [-0.25, -0.2) is 9.97 Å². The third-order valence-electron chi connectivity index (χ3n) is 5.84. The summed E-state index contributed by atoms with van der Waals surface area (Å²) in [6, 6.07) is 10.5. The van der Waals surface area contributed by atoms with Gasteiger partial charge in [-0.15, -0.1) is 11.3 Å². The fraction of sp³-hybridized carbons (Fsp3) is 0.280. The molecule has 0 fully saturated rings. The quantitative estimate of drug-likeness (QED) is 0.420. The van der Waals surface area contributed by atoms with Crippen LogP contribution in [0.15, 0.2) is 53.7 Å². The van der Waals surface area contributed by atoms with Crippen molar-refractivity contribution in [3.05, 3.63) is 69.7 Å². The van der Waals surface area contributed by atoms with Crippen LogP contribution in [0.25, 0.3) is 10.2 Å². The first-order valence-electron chi connectivity index (χ1n) is 11.2. The third-order valence-corrected chi connectivity index (χ3v) is 7.04. The molecular formula is C25H24N4O4S. The van der Waals surface area contributed by atoms with E-state index in [0.717, 1.165) is 41.5 Å². The molecule has 0 saturated heterocycles. The zero-order valence-corrected chi connectivity index (χ0v) is 19.6. The zero-order valence-electron chi connectivity index (χ0n) is 18.7. The van der Waals surface area contributed by atoms with Crippen LogP contribution in [0.3, 0.4) is 0 Å². The van der Waals surface area contributed by atoms with Crippen molar-refractivity contribution in [3.63, 3.8) is 0 Å². The normalized spacial score (nSPS) is 12.9. The van der Waals surface area contributed by atoms with Crippen LogP contribution in [-0.4, -0.2) is 27.6 Å². The molecule has 8 nitrogen and oxygen atoms in total. The number of amides is 1.